The van der Waals surface area contributed by atoms with Gasteiger partial charge in [0.2, 0.25) is 11.1 Å². The lowest BCUT2D eigenvalue weighted by Crippen LogP contribution is -2.20. The molecule has 9 heteroatoms. The summed E-state index contributed by atoms with van der Waals surface area (Å²) in [4.78, 5) is 13.1. The summed E-state index contributed by atoms with van der Waals surface area (Å²) >= 11 is 7.41. The fourth-order valence-corrected chi connectivity index (χ4v) is 4.11. The molecule has 6 nitrogen and oxygen atoms in total. The van der Waals surface area contributed by atoms with Crippen molar-refractivity contribution in [2.75, 3.05) is 11.2 Å². The van der Waals surface area contributed by atoms with Crippen molar-refractivity contribution in [3.05, 3.63) is 95.3 Å². The number of amides is 1. The molecule has 3 aromatic carbocycles. The van der Waals surface area contributed by atoms with Crippen molar-refractivity contribution in [1.82, 2.24) is 14.9 Å². The van der Waals surface area contributed by atoms with E-state index < -0.39 is 5.25 Å². The average Bonchev–Trinajstić information content (AvgIpc) is 3.14. The number of anilines is 1. The maximum atomic E-state index is 13.2. The van der Waals surface area contributed by atoms with Crippen LogP contribution in [-0.2, 0) is 4.79 Å². The molecule has 4 rings (SSSR count). The molecule has 0 aliphatic carbocycles. The van der Waals surface area contributed by atoms with E-state index >= 15 is 0 Å². The molecule has 31 heavy (non-hydrogen) atoms. The first-order valence-corrected chi connectivity index (χ1v) is 10.5. The molecule has 3 N–H and O–H groups in total. The average molecular weight is 454 g/mol. The predicted octanol–water partition coefficient (Wildman–Crippen LogP) is 4.92. The Bertz CT molecular complexity index is 1200. The van der Waals surface area contributed by atoms with Crippen molar-refractivity contribution in [2.24, 2.45) is 0 Å². The number of nitrogen functional groups attached to an aromatic ring is 1. The van der Waals surface area contributed by atoms with E-state index in [1.165, 1.54) is 28.9 Å². The summed E-state index contributed by atoms with van der Waals surface area (Å²) in [5, 5.41) is 11.3. The molecule has 0 saturated carbocycles. The molecule has 1 heterocycles. The highest BCUT2D eigenvalue weighted by atomic mass is 35.5. The van der Waals surface area contributed by atoms with E-state index in [-0.39, 0.29) is 11.7 Å². The van der Waals surface area contributed by atoms with Crippen molar-refractivity contribution >= 4 is 35.0 Å². The van der Waals surface area contributed by atoms with Crippen molar-refractivity contribution < 1.29 is 9.18 Å². The normalized spacial score (nSPS) is 11.8. The minimum absolute atomic E-state index is 0.301. The van der Waals surface area contributed by atoms with Gasteiger partial charge in [0.05, 0.1) is 5.02 Å². The summed E-state index contributed by atoms with van der Waals surface area (Å²) in [5.74, 6) is 5.95. The number of carbonyl (C=O) groups is 1. The second kappa shape index (κ2) is 9.20. The predicted molar refractivity (Wildman–Crippen MR) is 121 cm³/mol. The Morgan fingerprint density at radius 1 is 1.00 bits per heavy atom. The van der Waals surface area contributed by atoms with Crippen molar-refractivity contribution in [3.63, 3.8) is 0 Å². The molecule has 0 aliphatic heterocycles. The van der Waals surface area contributed by atoms with Gasteiger partial charge >= 0.3 is 0 Å². The molecule has 0 fully saturated rings. The quantitative estimate of drug-likeness (QED) is 0.319. The van der Waals surface area contributed by atoms with Crippen molar-refractivity contribution in [1.29, 1.82) is 0 Å². The standard InChI is InChI=1S/C22H17ClFN5OS/c23-18-9-5-4-8-17(18)20-27-28-22(29(20)25)31-19(14-6-2-1-3-7-14)21(30)26-16-12-10-15(24)11-13-16/h1-13,19H,25H2,(H,26,30)/t19-/m0/s1. The van der Waals surface area contributed by atoms with Gasteiger partial charge in [-0.15, -0.1) is 10.2 Å². The summed E-state index contributed by atoms with van der Waals surface area (Å²) < 4.78 is 14.5. The number of aromatic nitrogens is 3. The molecule has 1 amide bonds. The Hall–Kier alpha value is -3.36. The van der Waals surface area contributed by atoms with E-state index in [9.17, 15) is 9.18 Å². The van der Waals surface area contributed by atoms with Gasteiger partial charge in [0.25, 0.3) is 0 Å². The van der Waals surface area contributed by atoms with Gasteiger partial charge in [0, 0.05) is 11.3 Å². The molecule has 0 aliphatic rings. The second-order valence-corrected chi connectivity index (χ2v) is 8.04. The summed E-state index contributed by atoms with van der Waals surface area (Å²) in [6.07, 6.45) is 0. The Morgan fingerprint density at radius 3 is 2.39 bits per heavy atom. The van der Waals surface area contributed by atoms with Crippen LogP contribution in [0.1, 0.15) is 10.8 Å². The number of nitrogens with one attached hydrogen (secondary N) is 1. The van der Waals surface area contributed by atoms with Crippen LogP contribution in [-0.4, -0.2) is 20.8 Å². The number of hydrogen-bond donors (Lipinski definition) is 2. The third-order valence-electron chi connectivity index (χ3n) is 4.45. The second-order valence-electron chi connectivity index (χ2n) is 6.56. The van der Waals surface area contributed by atoms with Gasteiger partial charge in [0.15, 0.2) is 5.82 Å². The summed E-state index contributed by atoms with van der Waals surface area (Å²) in [6.45, 7) is 0. The van der Waals surface area contributed by atoms with Crippen LogP contribution in [0.25, 0.3) is 11.4 Å². The van der Waals surface area contributed by atoms with Crippen LogP contribution < -0.4 is 11.2 Å². The van der Waals surface area contributed by atoms with Crippen LogP contribution >= 0.6 is 23.4 Å². The highest BCUT2D eigenvalue weighted by Crippen LogP contribution is 2.36. The van der Waals surface area contributed by atoms with E-state index in [1.807, 2.05) is 42.5 Å². The summed E-state index contributed by atoms with van der Waals surface area (Å²) in [5.41, 5.74) is 1.88. The van der Waals surface area contributed by atoms with Crippen molar-refractivity contribution in [3.8, 4) is 11.4 Å². The van der Waals surface area contributed by atoms with E-state index in [1.54, 1.807) is 12.1 Å². The first-order chi connectivity index (χ1) is 15.0. The number of nitrogens with two attached hydrogens (primary N) is 1. The molecule has 0 saturated heterocycles. The van der Waals surface area contributed by atoms with Gasteiger partial charge in [-0.25, -0.2) is 9.07 Å². The number of thioether (sulfide) groups is 1. The van der Waals surface area contributed by atoms with E-state index in [0.717, 1.165) is 17.3 Å². The maximum Gasteiger partial charge on any atom is 0.242 e. The Morgan fingerprint density at radius 2 is 1.68 bits per heavy atom. The number of rotatable bonds is 6. The van der Waals surface area contributed by atoms with Gasteiger partial charge in [-0.1, -0.05) is 65.8 Å². The summed E-state index contributed by atoms with van der Waals surface area (Å²) in [7, 11) is 0. The van der Waals surface area contributed by atoms with Gasteiger partial charge in [0.1, 0.15) is 11.1 Å². The lowest BCUT2D eigenvalue weighted by atomic mass is 10.1. The lowest BCUT2D eigenvalue weighted by Gasteiger charge is -2.16. The lowest BCUT2D eigenvalue weighted by molar-refractivity contribution is -0.115. The zero-order chi connectivity index (χ0) is 21.8. The van der Waals surface area contributed by atoms with Gasteiger partial charge in [-0.2, -0.15) is 0 Å². The zero-order valence-corrected chi connectivity index (χ0v) is 17.6. The number of nitrogens with zero attached hydrogens (tertiary/aromatic N) is 3. The Labute approximate surface area is 187 Å². The highest BCUT2D eigenvalue weighted by Gasteiger charge is 2.26. The fraction of sp³-hybridized carbons (Fsp3) is 0.0455. The molecule has 1 atom stereocenters. The monoisotopic (exact) mass is 453 g/mol. The van der Waals surface area contributed by atoms with E-state index in [2.05, 4.69) is 15.5 Å². The topological polar surface area (TPSA) is 85.8 Å². The van der Waals surface area contributed by atoms with Gasteiger partial charge in [-0.05, 0) is 42.0 Å². The van der Waals surface area contributed by atoms with Crippen molar-refractivity contribution in [2.45, 2.75) is 10.4 Å². The molecular formula is C22H17ClFN5OS. The van der Waals surface area contributed by atoms with Gasteiger partial charge < -0.3 is 11.2 Å². The SMILES string of the molecule is Nn1c(S[C@H](C(=O)Nc2ccc(F)cc2)c2ccccc2)nnc1-c1ccccc1Cl. The molecule has 0 bridgehead atoms. The first kappa shape index (κ1) is 20.9. The fourth-order valence-electron chi connectivity index (χ4n) is 2.93. The van der Waals surface area contributed by atoms with E-state index in [4.69, 9.17) is 17.4 Å². The van der Waals surface area contributed by atoms with E-state index in [0.29, 0.717) is 27.3 Å². The summed E-state index contributed by atoms with van der Waals surface area (Å²) in [6, 6.07) is 22.0. The van der Waals surface area contributed by atoms with Crippen LogP contribution in [0.15, 0.2) is 84.0 Å². The maximum absolute atomic E-state index is 13.2. The highest BCUT2D eigenvalue weighted by molar-refractivity contribution is 8.00. The largest absolute Gasteiger partial charge is 0.335 e. The van der Waals surface area contributed by atoms with Crippen LogP contribution in [0.3, 0.4) is 0 Å². The minimum atomic E-state index is -0.670. The molecule has 0 spiro atoms. The third kappa shape index (κ3) is 4.70. The number of halogens is 2. The third-order valence-corrected chi connectivity index (χ3v) is 6.00. The Kier molecular flexibility index (Phi) is 6.20. The minimum Gasteiger partial charge on any atom is -0.335 e. The van der Waals surface area contributed by atoms with Crippen LogP contribution in [0.2, 0.25) is 5.02 Å². The molecular weight excluding hydrogens is 437 g/mol. The smallest absolute Gasteiger partial charge is 0.242 e. The molecule has 0 unspecified atom stereocenters. The van der Waals surface area contributed by atoms with Crippen LogP contribution in [0.4, 0.5) is 10.1 Å². The van der Waals surface area contributed by atoms with Crippen LogP contribution in [0.5, 0.6) is 0 Å². The van der Waals surface area contributed by atoms with Crippen LogP contribution in [0, 0.1) is 5.82 Å². The zero-order valence-electron chi connectivity index (χ0n) is 16.1. The molecule has 0 radical (unpaired) electrons. The Balaban J connectivity index is 1.64. The first-order valence-electron chi connectivity index (χ1n) is 9.26. The molecule has 1 aromatic heterocycles. The number of benzene rings is 3. The molecule has 156 valence electrons. The number of hydrogen-bond acceptors (Lipinski definition) is 5. The number of carbonyl (C=O) groups excluding carboxylic acids is 1. The van der Waals surface area contributed by atoms with Gasteiger partial charge in [-0.3, -0.25) is 4.79 Å². The molecule has 4 aromatic rings.